The van der Waals surface area contributed by atoms with Crippen LogP contribution in [0, 0.1) is 5.41 Å². The number of carbonyl (C=O) groups excluding carboxylic acids is 2. The number of esters is 2. The fourth-order valence-corrected chi connectivity index (χ4v) is 3.28. The van der Waals surface area contributed by atoms with E-state index in [0.717, 1.165) is 32.1 Å². The second kappa shape index (κ2) is 17.1. The fraction of sp³-hybridized carbons (Fsp3) is 0.913. The molecular formula is C23H44O4. The van der Waals surface area contributed by atoms with E-state index in [4.69, 9.17) is 9.47 Å². The van der Waals surface area contributed by atoms with Crippen molar-refractivity contribution < 1.29 is 19.1 Å². The number of rotatable bonds is 18. The van der Waals surface area contributed by atoms with Crippen LogP contribution >= 0.6 is 0 Å². The topological polar surface area (TPSA) is 52.6 Å². The van der Waals surface area contributed by atoms with Crippen molar-refractivity contribution in [2.24, 2.45) is 5.41 Å². The highest BCUT2D eigenvalue weighted by molar-refractivity contribution is 5.99. The van der Waals surface area contributed by atoms with Crippen LogP contribution in [0.15, 0.2) is 0 Å². The molecule has 27 heavy (non-hydrogen) atoms. The van der Waals surface area contributed by atoms with Gasteiger partial charge in [-0.05, 0) is 25.7 Å². The van der Waals surface area contributed by atoms with Crippen molar-refractivity contribution in [2.45, 2.75) is 118 Å². The number of unbranched alkanes of at least 4 members (excludes halogenated alkanes) is 10. The van der Waals surface area contributed by atoms with Crippen LogP contribution in [0.4, 0.5) is 0 Å². The average molecular weight is 385 g/mol. The summed E-state index contributed by atoms with van der Waals surface area (Å²) in [5.41, 5.74) is -1.13. The molecule has 0 N–H and O–H groups in total. The average Bonchev–Trinajstić information content (AvgIpc) is 2.68. The Balaban J connectivity index is 4.08. The quantitative estimate of drug-likeness (QED) is 0.152. The van der Waals surface area contributed by atoms with Crippen molar-refractivity contribution in [3.8, 4) is 0 Å². The van der Waals surface area contributed by atoms with E-state index in [1.165, 1.54) is 44.9 Å². The zero-order chi connectivity index (χ0) is 20.4. The Kier molecular flexibility index (Phi) is 16.4. The molecule has 160 valence electrons. The van der Waals surface area contributed by atoms with Crippen molar-refractivity contribution >= 4 is 11.9 Å². The minimum absolute atomic E-state index is 0.389. The van der Waals surface area contributed by atoms with Crippen LogP contribution in [0.2, 0.25) is 0 Å². The molecular weight excluding hydrogens is 340 g/mol. The smallest absolute Gasteiger partial charge is 0.323 e. The lowest BCUT2D eigenvalue weighted by molar-refractivity contribution is -0.173. The number of hydrogen-bond acceptors (Lipinski definition) is 4. The maximum absolute atomic E-state index is 12.6. The molecule has 0 aliphatic carbocycles. The molecule has 0 amide bonds. The zero-order valence-electron chi connectivity index (χ0n) is 18.4. The molecule has 0 saturated heterocycles. The van der Waals surface area contributed by atoms with E-state index >= 15 is 0 Å². The third-order valence-corrected chi connectivity index (χ3v) is 5.45. The normalized spacial score (nSPS) is 11.4. The maximum atomic E-state index is 12.6. The molecule has 0 spiro atoms. The molecule has 0 fully saturated rings. The molecule has 0 aromatic rings. The van der Waals surface area contributed by atoms with Crippen molar-refractivity contribution in [2.75, 3.05) is 13.2 Å². The van der Waals surface area contributed by atoms with Gasteiger partial charge in [0.1, 0.15) is 0 Å². The van der Waals surface area contributed by atoms with E-state index in [-0.39, 0.29) is 0 Å². The first-order chi connectivity index (χ1) is 13.1. The van der Waals surface area contributed by atoms with E-state index in [0.29, 0.717) is 26.1 Å². The molecule has 0 aromatic carbocycles. The van der Waals surface area contributed by atoms with Gasteiger partial charge in [-0.2, -0.15) is 0 Å². The summed E-state index contributed by atoms with van der Waals surface area (Å²) >= 11 is 0. The van der Waals surface area contributed by atoms with Crippen LogP contribution in [0.25, 0.3) is 0 Å². The van der Waals surface area contributed by atoms with E-state index in [9.17, 15) is 9.59 Å². The first-order valence-corrected chi connectivity index (χ1v) is 11.4. The Morgan fingerprint density at radius 2 is 0.889 bits per heavy atom. The maximum Gasteiger partial charge on any atom is 0.323 e. The lowest BCUT2D eigenvalue weighted by Gasteiger charge is -2.27. The molecule has 0 aliphatic rings. The monoisotopic (exact) mass is 384 g/mol. The number of carbonyl (C=O) groups is 2. The van der Waals surface area contributed by atoms with Crippen molar-refractivity contribution in [1.29, 1.82) is 0 Å². The third-order valence-electron chi connectivity index (χ3n) is 5.45. The molecule has 0 atom stereocenters. The molecule has 0 aliphatic heterocycles. The summed E-state index contributed by atoms with van der Waals surface area (Å²) in [6.45, 7) is 8.85. The highest BCUT2D eigenvalue weighted by Crippen LogP contribution is 2.30. The summed E-state index contributed by atoms with van der Waals surface area (Å²) in [5, 5.41) is 0. The Hall–Kier alpha value is -1.06. The van der Waals surface area contributed by atoms with E-state index < -0.39 is 17.4 Å². The predicted molar refractivity (Wildman–Crippen MR) is 112 cm³/mol. The first-order valence-electron chi connectivity index (χ1n) is 11.4. The minimum atomic E-state index is -1.13. The lowest BCUT2D eigenvalue weighted by atomic mass is 9.82. The molecule has 0 radical (unpaired) electrons. The van der Waals surface area contributed by atoms with Crippen LogP contribution in [0.1, 0.15) is 118 Å². The van der Waals surface area contributed by atoms with Crippen LogP contribution in [0.5, 0.6) is 0 Å². The highest BCUT2D eigenvalue weighted by Gasteiger charge is 2.45. The van der Waals surface area contributed by atoms with E-state index in [1.807, 2.05) is 13.8 Å². The van der Waals surface area contributed by atoms with Crippen molar-refractivity contribution in [3.05, 3.63) is 0 Å². The van der Waals surface area contributed by atoms with Crippen LogP contribution in [0.3, 0.4) is 0 Å². The summed E-state index contributed by atoms with van der Waals surface area (Å²) in [7, 11) is 0. The molecule has 4 heteroatoms. The molecule has 4 nitrogen and oxygen atoms in total. The number of hydrogen-bond donors (Lipinski definition) is 0. The van der Waals surface area contributed by atoms with Crippen LogP contribution < -0.4 is 0 Å². The summed E-state index contributed by atoms with van der Waals surface area (Å²) in [5.74, 6) is -0.826. The van der Waals surface area contributed by atoms with Crippen LogP contribution in [-0.4, -0.2) is 25.2 Å². The van der Waals surface area contributed by atoms with Gasteiger partial charge in [0.05, 0.1) is 13.2 Å². The van der Waals surface area contributed by atoms with Gasteiger partial charge < -0.3 is 9.47 Å². The first kappa shape index (κ1) is 25.9. The molecule has 0 bridgehead atoms. The minimum Gasteiger partial charge on any atom is -0.465 e. The third kappa shape index (κ3) is 10.8. The fourth-order valence-electron chi connectivity index (χ4n) is 3.28. The molecule has 0 aromatic heterocycles. The van der Waals surface area contributed by atoms with E-state index in [1.54, 1.807) is 0 Å². The number of ether oxygens (including phenoxy) is 2. The molecule has 0 rings (SSSR count). The summed E-state index contributed by atoms with van der Waals surface area (Å²) in [4.78, 5) is 25.1. The molecule has 0 unspecified atom stereocenters. The van der Waals surface area contributed by atoms with Gasteiger partial charge in [-0.1, -0.05) is 91.9 Å². The van der Waals surface area contributed by atoms with Gasteiger partial charge in [-0.25, -0.2) is 0 Å². The Labute approximate surface area is 167 Å². The van der Waals surface area contributed by atoms with Crippen molar-refractivity contribution in [3.63, 3.8) is 0 Å². The standard InChI is InChI=1S/C23H44O4/c1-5-9-11-12-13-14-15-16-18-20-27-22(25)23(7-3,8-4)21(24)26-19-17-10-6-2/h5-20H2,1-4H3. The summed E-state index contributed by atoms with van der Waals surface area (Å²) in [6, 6.07) is 0. The van der Waals surface area contributed by atoms with Gasteiger partial charge in [0, 0.05) is 0 Å². The lowest BCUT2D eigenvalue weighted by Crippen LogP contribution is -2.41. The zero-order valence-corrected chi connectivity index (χ0v) is 18.4. The second-order valence-corrected chi connectivity index (χ2v) is 7.60. The molecule has 0 saturated carbocycles. The van der Waals surface area contributed by atoms with Gasteiger partial charge in [0.25, 0.3) is 0 Å². The van der Waals surface area contributed by atoms with Crippen molar-refractivity contribution in [1.82, 2.24) is 0 Å². The second-order valence-electron chi connectivity index (χ2n) is 7.60. The van der Waals surface area contributed by atoms with Crippen LogP contribution in [-0.2, 0) is 19.1 Å². The summed E-state index contributed by atoms with van der Waals surface area (Å²) in [6.07, 6.45) is 14.8. The van der Waals surface area contributed by atoms with Gasteiger partial charge in [-0.15, -0.1) is 0 Å². The predicted octanol–water partition coefficient (Wildman–Crippen LogP) is 6.60. The largest absolute Gasteiger partial charge is 0.465 e. The van der Waals surface area contributed by atoms with Gasteiger partial charge >= 0.3 is 11.9 Å². The highest BCUT2D eigenvalue weighted by atomic mass is 16.6. The van der Waals surface area contributed by atoms with E-state index in [2.05, 4.69) is 13.8 Å². The van der Waals surface area contributed by atoms with Gasteiger partial charge in [0.2, 0.25) is 0 Å². The SMILES string of the molecule is CCCCCCCCCCCOC(=O)C(CC)(CC)C(=O)OCCCCC. The Morgan fingerprint density at radius 1 is 0.556 bits per heavy atom. The Bertz CT molecular complexity index is 375. The van der Waals surface area contributed by atoms with Gasteiger partial charge in [-0.3, -0.25) is 9.59 Å². The molecule has 0 heterocycles. The van der Waals surface area contributed by atoms with Gasteiger partial charge in [0.15, 0.2) is 5.41 Å². The Morgan fingerprint density at radius 3 is 1.30 bits per heavy atom. The summed E-state index contributed by atoms with van der Waals surface area (Å²) < 4.78 is 10.8.